The highest BCUT2D eigenvalue weighted by Crippen LogP contribution is 2.19. The Labute approximate surface area is 113 Å². The molecule has 0 aliphatic heterocycles. The number of nitriles is 1. The Morgan fingerprint density at radius 1 is 1.16 bits per heavy atom. The normalized spacial score (nSPS) is 9.89. The maximum Gasteiger partial charge on any atom is 0.0670 e. The zero-order chi connectivity index (χ0) is 13.7. The molecular weight excluding hydrogens is 234 g/mol. The van der Waals surface area contributed by atoms with Crippen LogP contribution < -0.4 is 11.1 Å². The van der Waals surface area contributed by atoms with E-state index in [4.69, 9.17) is 11.0 Å². The van der Waals surface area contributed by atoms with Crippen molar-refractivity contribution in [3.05, 3.63) is 59.2 Å². The summed E-state index contributed by atoms with van der Waals surface area (Å²) in [6.45, 7) is 2.86. The van der Waals surface area contributed by atoms with E-state index in [0.29, 0.717) is 12.1 Å². The zero-order valence-electron chi connectivity index (χ0n) is 11.0. The summed E-state index contributed by atoms with van der Waals surface area (Å²) in [5.41, 5.74) is 10.9. The summed E-state index contributed by atoms with van der Waals surface area (Å²) in [5, 5.41) is 12.1. The van der Waals surface area contributed by atoms with E-state index >= 15 is 0 Å². The van der Waals surface area contributed by atoms with Crippen molar-refractivity contribution in [2.75, 3.05) is 11.1 Å². The van der Waals surface area contributed by atoms with E-state index in [9.17, 15) is 0 Å². The third kappa shape index (κ3) is 3.26. The minimum absolute atomic E-state index is 0.339. The maximum absolute atomic E-state index is 8.75. The van der Waals surface area contributed by atoms with Gasteiger partial charge < -0.3 is 11.1 Å². The lowest BCUT2D eigenvalue weighted by molar-refractivity contribution is 1.12. The number of nitrogens with one attached hydrogen (secondary N) is 1. The molecule has 2 rings (SSSR count). The zero-order valence-corrected chi connectivity index (χ0v) is 11.0. The molecule has 0 spiro atoms. The van der Waals surface area contributed by atoms with Crippen molar-refractivity contribution in [2.45, 2.75) is 19.9 Å². The Morgan fingerprint density at radius 3 is 2.68 bits per heavy atom. The molecular formula is C16H17N3. The minimum atomic E-state index is 0.339. The second-order valence-corrected chi connectivity index (χ2v) is 4.53. The van der Waals surface area contributed by atoms with Crippen LogP contribution in [0.4, 0.5) is 11.4 Å². The van der Waals surface area contributed by atoms with Crippen molar-refractivity contribution in [1.29, 1.82) is 5.26 Å². The number of hydrogen-bond acceptors (Lipinski definition) is 3. The number of hydrogen-bond donors (Lipinski definition) is 2. The van der Waals surface area contributed by atoms with Crippen LogP contribution in [0.25, 0.3) is 0 Å². The van der Waals surface area contributed by atoms with Crippen molar-refractivity contribution < 1.29 is 0 Å². The fraction of sp³-hybridized carbons (Fsp3) is 0.188. The molecule has 0 saturated heterocycles. The molecule has 3 N–H and O–H groups in total. The van der Waals surface area contributed by atoms with Crippen LogP contribution >= 0.6 is 0 Å². The maximum atomic E-state index is 8.75. The van der Waals surface area contributed by atoms with Gasteiger partial charge in [-0.1, -0.05) is 24.3 Å². The molecule has 3 heteroatoms. The number of rotatable bonds is 4. The molecule has 0 amide bonds. The fourth-order valence-corrected chi connectivity index (χ4v) is 1.96. The van der Waals surface area contributed by atoms with Crippen molar-refractivity contribution in [1.82, 2.24) is 0 Å². The van der Waals surface area contributed by atoms with E-state index < -0.39 is 0 Å². The average molecular weight is 251 g/mol. The van der Waals surface area contributed by atoms with Gasteiger partial charge in [-0.15, -0.1) is 0 Å². The van der Waals surface area contributed by atoms with Crippen LogP contribution in [0.1, 0.15) is 16.7 Å². The predicted molar refractivity (Wildman–Crippen MR) is 78.7 cm³/mol. The summed E-state index contributed by atoms with van der Waals surface area (Å²) in [7, 11) is 0. The lowest BCUT2D eigenvalue weighted by Crippen LogP contribution is -2.02. The molecule has 0 saturated carbocycles. The molecule has 3 nitrogen and oxygen atoms in total. The van der Waals surface area contributed by atoms with Crippen molar-refractivity contribution >= 4 is 11.4 Å². The van der Waals surface area contributed by atoms with E-state index in [1.807, 2.05) is 30.3 Å². The van der Waals surface area contributed by atoms with E-state index in [2.05, 4.69) is 30.4 Å². The SMILES string of the molecule is Cc1ccccc1CNc1ccc(N)c(CC#N)c1. The van der Waals surface area contributed by atoms with Crippen LogP contribution in [-0.2, 0) is 13.0 Å². The second kappa shape index (κ2) is 5.92. The molecule has 0 aromatic heterocycles. The highest BCUT2D eigenvalue weighted by Gasteiger charge is 2.02. The van der Waals surface area contributed by atoms with Gasteiger partial charge in [-0.25, -0.2) is 0 Å². The molecule has 0 bridgehead atoms. The van der Waals surface area contributed by atoms with Gasteiger partial charge in [-0.2, -0.15) is 5.26 Å². The van der Waals surface area contributed by atoms with Gasteiger partial charge in [-0.3, -0.25) is 0 Å². The Morgan fingerprint density at radius 2 is 1.95 bits per heavy atom. The molecule has 19 heavy (non-hydrogen) atoms. The quantitative estimate of drug-likeness (QED) is 0.820. The van der Waals surface area contributed by atoms with Crippen LogP contribution in [0.15, 0.2) is 42.5 Å². The molecule has 0 unspecified atom stereocenters. The minimum Gasteiger partial charge on any atom is -0.398 e. The lowest BCUT2D eigenvalue weighted by atomic mass is 10.1. The highest BCUT2D eigenvalue weighted by molar-refractivity contribution is 5.58. The van der Waals surface area contributed by atoms with Crippen LogP contribution in [0, 0.1) is 18.3 Å². The Bertz CT molecular complexity index is 612. The first-order chi connectivity index (χ1) is 9.20. The van der Waals surface area contributed by atoms with Gasteiger partial charge in [0.05, 0.1) is 12.5 Å². The molecule has 2 aromatic carbocycles. The van der Waals surface area contributed by atoms with Gasteiger partial charge in [0.2, 0.25) is 0 Å². The number of nitrogen functional groups attached to an aromatic ring is 1. The average Bonchev–Trinajstić information content (AvgIpc) is 2.41. The molecule has 0 radical (unpaired) electrons. The van der Waals surface area contributed by atoms with Crippen LogP contribution in [-0.4, -0.2) is 0 Å². The summed E-state index contributed by atoms with van der Waals surface area (Å²) in [6, 6.07) is 16.1. The number of nitrogens with zero attached hydrogens (tertiary/aromatic N) is 1. The number of anilines is 2. The lowest BCUT2D eigenvalue weighted by Gasteiger charge is -2.11. The van der Waals surface area contributed by atoms with Crippen LogP contribution in [0.5, 0.6) is 0 Å². The van der Waals surface area contributed by atoms with E-state index in [0.717, 1.165) is 17.8 Å². The van der Waals surface area contributed by atoms with E-state index in [1.54, 1.807) is 0 Å². The summed E-state index contributed by atoms with van der Waals surface area (Å²) >= 11 is 0. The summed E-state index contributed by atoms with van der Waals surface area (Å²) in [4.78, 5) is 0. The van der Waals surface area contributed by atoms with Crippen molar-refractivity contribution in [2.24, 2.45) is 0 Å². The first kappa shape index (κ1) is 13.0. The Hall–Kier alpha value is -2.47. The van der Waals surface area contributed by atoms with E-state index in [1.165, 1.54) is 11.1 Å². The molecule has 0 heterocycles. The standard InChI is InChI=1S/C16H17N3/c1-12-4-2-3-5-14(12)11-19-15-6-7-16(18)13(10-15)8-9-17/h2-7,10,19H,8,11,18H2,1H3. The largest absolute Gasteiger partial charge is 0.398 e. The fourth-order valence-electron chi connectivity index (χ4n) is 1.96. The van der Waals surface area contributed by atoms with Gasteiger partial charge in [0, 0.05) is 17.9 Å². The monoisotopic (exact) mass is 251 g/mol. The molecule has 2 aromatic rings. The van der Waals surface area contributed by atoms with Crippen molar-refractivity contribution in [3.8, 4) is 6.07 Å². The van der Waals surface area contributed by atoms with Gasteiger partial charge in [0.25, 0.3) is 0 Å². The second-order valence-electron chi connectivity index (χ2n) is 4.53. The summed E-state index contributed by atoms with van der Waals surface area (Å²) in [6.07, 6.45) is 0.339. The smallest absolute Gasteiger partial charge is 0.0670 e. The highest BCUT2D eigenvalue weighted by atomic mass is 14.9. The van der Waals surface area contributed by atoms with Crippen LogP contribution in [0.2, 0.25) is 0 Å². The third-order valence-corrected chi connectivity index (χ3v) is 3.16. The van der Waals surface area contributed by atoms with Crippen LogP contribution in [0.3, 0.4) is 0 Å². The third-order valence-electron chi connectivity index (χ3n) is 3.16. The number of benzene rings is 2. The van der Waals surface area contributed by atoms with Gasteiger partial charge >= 0.3 is 0 Å². The molecule has 0 fully saturated rings. The van der Waals surface area contributed by atoms with Gasteiger partial charge in [-0.05, 0) is 41.8 Å². The topological polar surface area (TPSA) is 61.8 Å². The Kier molecular flexibility index (Phi) is 4.04. The predicted octanol–water partition coefficient (Wildman–Crippen LogP) is 3.26. The summed E-state index contributed by atoms with van der Waals surface area (Å²) < 4.78 is 0. The number of nitrogens with two attached hydrogens (primary N) is 1. The van der Waals surface area contributed by atoms with Crippen molar-refractivity contribution in [3.63, 3.8) is 0 Å². The first-order valence-corrected chi connectivity index (χ1v) is 6.24. The number of aryl methyl sites for hydroxylation is 1. The van der Waals surface area contributed by atoms with Gasteiger partial charge in [0.1, 0.15) is 0 Å². The first-order valence-electron chi connectivity index (χ1n) is 6.24. The molecule has 0 atom stereocenters. The summed E-state index contributed by atoms with van der Waals surface area (Å²) in [5.74, 6) is 0. The van der Waals surface area contributed by atoms with Gasteiger partial charge in [0.15, 0.2) is 0 Å². The van der Waals surface area contributed by atoms with E-state index in [-0.39, 0.29) is 0 Å². The molecule has 0 aliphatic rings. The molecule has 96 valence electrons. The Balaban J connectivity index is 2.10. The molecule has 0 aliphatic carbocycles.